The number of piperidine rings is 1. The van der Waals surface area contributed by atoms with Gasteiger partial charge in [0.25, 0.3) is 0 Å². The molecule has 1 aliphatic carbocycles. The van der Waals surface area contributed by atoms with Crippen LogP contribution in [0.25, 0.3) is 0 Å². The number of aromatic nitrogens is 1. The van der Waals surface area contributed by atoms with Gasteiger partial charge in [-0.15, -0.1) is 0 Å². The van der Waals surface area contributed by atoms with E-state index in [1.54, 1.807) is 6.20 Å². The number of carbonyl (C=O) groups excluding carboxylic acids is 1. The summed E-state index contributed by atoms with van der Waals surface area (Å²) in [5.41, 5.74) is 1.06. The summed E-state index contributed by atoms with van der Waals surface area (Å²) in [4.78, 5) is 21.0. The molecule has 2 amide bonds. The minimum atomic E-state index is 0.0881. The molecule has 0 bridgehead atoms. The van der Waals surface area contributed by atoms with E-state index in [9.17, 15) is 4.79 Å². The van der Waals surface area contributed by atoms with Gasteiger partial charge < -0.3 is 15.1 Å². The van der Waals surface area contributed by atoms with Gasteiger partial charge in [-0.3, -0.25) is 0 Å². The quantitative estimate of drug-likeness (QED) is 0.933. The first-order valence-corrected chi connectivity index (χ1v) is 8.32. The Hall–Kier alpha value is -1.78. The lowest BCUT2D eigenvalue weighted by atomic mass is 9.92. The van der Waals surface area contributed by atoms with Crippen LogP contribution >= 0.6 is 0 Å². The number of carbonyl (C=O) groups is 1. The highest BCUT2D eigenvalue weighted by molar-refractivity contribution is 5.75. The first kappa shape index (κ1) is 15.1. The first-order chi connectivity index (χ1) is 10.7. The second kappa shape index (κ2) is 6.55. The number of rotatable bonds is 3. The van der Waals surface area contributed by atoms with Crippen molar-refractivity contribution in [2.45, 2.75) is 44.7 Å². The molecule has 0 aromatic carbocycles. The molecule has 2 aliphatic rings. The zero-order chi connectivity index (χ0) is 15.5. The maximum atomic E-state index is 12.6. The molecule has 0 spiro atoms. The molecule has 1 saturated carbocycles. The number of likely N-dealkylation sites (tertiary alicyclic amines) is 1. The van der Waals surface area contributed by atoms with Crippen molar-refractivity contribution < 1.29 is 4.79 Å². The van der Waals surface area contributed by atoms with E-state index in [1.165, 1.54) is 25.7 Å². The molecule has 1 saturated heterocycles. The normalized spacial score (nSPS) is 24.0. The minimum Gasteiger partial charge on any atom is -0.362 e. The Kier molecular flexibility index (Phi) is 4.50. The summed E-state index contributed by atoms with van der Waals surface area (Å²) in [7, 11) is 3.95. The molecule has 0 unspecified atom stereocenters. The Morgan fingerprint density at radius 3 is 3.00 bits per heavy atom. The molecular weight excluding hydrogens is 276 g/mol. The number of anilines is 1. The summed E-state index contributed by atoms with van der Waals surface area (Å²) >= 11 is 0. The molecule has 120 valence electrons. The molecule has 2 fully saturated rings. The number of nitrogens with one attached hydrogen (secondary N) is 1. The van der Waals surface area contributed by atoms with Crippen molar-refractivity contribution in [3.05, 3.63) is 23.9 Å². The Morgan fingerprint density at radius 1 is 1.36 bits per heavy atom. The van der Waals surface area contributed by atoms with Gasteiger partial charge in [0.1, 0.15) is 5.82 Å². The molecule has 1 aromatic rings. The zero-order valence-corrected chi connectivity index (χ0v) is 13.6. The summed E-state index contributed by atoms with van der Waals surface area (Å²) in [6.45, 7) is 1.44. The molecule has 3 rings (SSSR count). The van der Waals surface area contributed by atoms with Gasteiger partial charge in [0, 0.05) is 45.0 Å². The van der Waals surface area contributed by atoms with Crippen LogP contribution in [-0.4, -0.2) is 42.6 Å². The molecule has 2 atom stereocenters. The fourth-order valence-electron chi connectivity index (χ4n) is 3.95. The molecule has 1 N–H and O–H groups in total. The van der Waals surface area contributed by atoms with Gasteiger partial charge in [-0.1, -0.05) is 12.5 Å². The SMILES string of the molecule is CN(C)c1ncccc1CNC(=O)N1CCC[C@H]2CCC[C@H]21. The van der Waals surface area contributed by atoms with Crippen molar-refractivity contribution in [2.24, 2.45) is 5.92 Å². The van der Waals surface area contributed by atoms with E-state index < -0.39 is 0 Å². The second-order valence-electron chi connectivity index (χ2n) is 6.63. The van der Waals surface area contributed by atoms with Crippen LogP contribution < -0.4 is 10.2 Å². The molecule has 5 nitrogen and oxygen atoms in total. The molecule has 22 heavy (non-hydrogen) atoms. The molecule has 2 heterocycles. The number of hydrogen-bond donors (Lipinski definition) is 1. The Balaban J connectivity index is 1.63. The van der Waals surface area contributed by atoms with Crippen molar-refractivity contribution in [3.63, 3.8) is 0 Å². The van der Waals surface area contributed by atoms with E-state index in [0.717, 1.165) is 30.3 Å². The van der Waals surface area contributed by atoms with Crippen LogP contribution in [-0.2, 0) is 6.54 Å². The summed E-state index contributed by atoms with van der Waals surface area (Å²) in [6.07, 6.45) is 7.96. The third-order valence-electron chi connectivity index (χ3n) is 4.98. The lowest BCUT2D eigenvalue weighted by Gasteiger charge is -2.37. The summed E-state index contributed by atoms with van der Waals surface area (Å²) in [5.74, 6) is 1.65. The predicted molar refractivity (Wildman–Crippen MR) is 87.9 cm³/mol. The first-order valence-electron chi connectivity index (χ1n) is 8.32. The van der Waals surface area contributed by atoms with Crippen LogP contribution in [0.3, 0.4) is 0 Å². The molecule has 5 heteroatoms. The van der Waals surface area contributed by atoms with Gasteiger partial charge in [0.15, 0.2) is 0 Å². The van der Waals surface area contributed by atoms with Gasteiger partial charge >= 0.3 is 6.03 Å². The predicted octanol–water partition coefficient (Wildman–Crippen LogP) is 2.62. The van der Waals surface area contributed by atoms with Crippen molar-refractivity contribution in [2.75, 3.05) is 25.5 Å². The fraction of sp³-hybridized carbons (Fsp3) is 0.647. The number of hydrogen-bond acceptors (Lipinski definition) is 3. The van der Waals surface area contributed by atoms with E-state index in [4.69, 9.17) is 0 Å². The number of pyridine rings is 1. The van der Waals surface area contributed by atoms with Crippen LogP contribution in [0.15, 0.2) is 18.3 Å². The Bertz CT molecular complexity index is 531. The van der Waals surface area contributed by atoms with Crippen LogP contribution in [0.5, 0.6) is 0 Å². The van der Waals surface area contributed by atoms with Gasteiger partial charge in [-0.25, -0.2) is 9.78 Å². The average Bonchev–Trinajstić information content (AvgIpc) is 3.01. The third-order valence-corrected chi connectivity index (χ3v) is 4.98. The maximum Gasteiger partial charge on any atom is 0.317 e. The van der Waals surface area contributed by atoms with Gasteiger partial charge in [0.2, 0.25) is 0 Å². The molecule has 1 aliphatic heterocycles. The van der Waals surface area contributed by atoms with Crippen LogP contribution in [0.2, 0.25) is 0 Å². The standard InChI is InChI=1S/C17H26N4O/c1-20(2)16-14(7-4-10-18-16)12-19-17(22)21-11-5-8-13-6-3-9-15(13)21/h4,7,10,13,15H,3,5-6,8-9,11-12H2,1-2H3,(H,19,22)/t13-,15-/m1/s1. The number of fused-ring (bicyclic) bond motifs is 1. The minimum absolute atomic E-state index is 0.0881. The lowest BCUT2D eigenvalue weighted by molar-refractivity contribution is 0.128. The van der Waals surface area contributed by atoms with E-state index >= 15 is 0 Å². The molecule has 0 radical (unpaired) electrons. The molecular formula is C17H26N4O. The topological polar surface area (TPSA) is 48.5 Å². The summed E-state index contributed by atoms with van der Waals surface area (Å²) in [6, 6.07) is 4.50. The maximum absolute atomic E-state index is 12.6. The third kappa shape index (κ3) is 3.03. The van der Waals surface area contributed by atoms with Crippen molar-refractivity contribution in [3.8, 4) is 0 Å². The fourth-order valence-corrected chi connectivity index (χ4v) is 3.95. The van der Waals surface area contributed by atoms with Crippen LogP contribution in [0.4, 0.5) is 10.6 Å². The van der Waals surface area contributed by atoms with Crippen molar-refractivity contribution in [1.29, 1.82) is 0 Å². The van der Waals surface area contributed by atoms with Crippen molar-refractivity contribution in [1.82, 2.24) is 15.2 Å². The largest absolute Gasteiger partial charge is 0.362 e. The lowest BCUT2D eigenvalue weighted by Crippen LogP contribution is -2.50. The number of nitrogens with zero attached hydrogens (tertiary/aromatic N) is 3. The Labute approximate surface area is 132 Å². The highest BCUT2D eigenvalue weighted by Gasteiger charge is 2.37. The van der Waals surface area contributed by atoms with E-state index in [1.807, 2.05) is 31.1 Å². The Morgan fingerprint density at radius 2 is 2.18 bits per heavy atom. The van der Waals surface area contributed by atoms with Crippen LogP contribution in [0.1, 0.15) is 37.7 Å². The van der Waals surface area contributed by atoms with Gasteiger partial charge in [-0.2, -0.15) is 0 Å². The van der Waals surface area contributed by atoms with Crippen LogP contribution in [0, 0.1) is 5.92 Å². The van der Waals surface area contributed by atoms with Gasteiger partial charge in [-0.05, 0) is 37.7 Å². The number of urea groups is 1. The highest BCUT2D eigenvalue weighted by Crippen LogP contribution is 2.36. The van der Waals surface area contributed by atoms with E-state index in [-0.39, 0.29) is 6.03 Å². The smallest absolute Gasteiger partial charge is 0.317 e. The zero-order valence-electron chi connectivity index (χ0n) is 13.6. The monoisotopic (exact) mass is 302 g/mol. The van der Waals surface area contributed by atoms with Crippen molar-refractivity contribution >= 4 is 11.8 Å². The molecule has 1 aromatic heterocycles. The summed E-state index contributed by atoms with van der Waals surface area (Å²) < 4.78 is 0. The van der Waals surface area contributed by atoms with Gasteiger partial charge in [0.05, 0.1) is 0 Å². The average molecular weight is 302 g/mol. The number of amides is 2. The second-order valence-corrected chi connectivity index (χ2v) is 6.63. The summed E-state index contributed by atoms with van der Waals surface area (Å²) in [5, 5.41) is 3.10. The highest BCUT2D eigenvalue weighted by atomic mass is 16.2. The van der Waals surface area contributed by atoms with E-state index in [2.05, 4.69) is 15.2 Å². The van der Waals surface area contributed by atoms with E-state index in [0.29, 0.717) is 12.6 Å².